The van der Waals surface area contributed by atoms with Gasteiger partial charge in [-0.15, -0.1) is 25.3 Å². The molecule has 0 aromatic heterocycles. The van der Waals surface area contributed by atoms with Crippen LogP contribution in [-0.4, -0.2) is 10.2 Å². The number of rotatable bonds is 2. The van der Waals surface area contributed by atoms with Crippen LogP contribution in [0.4, 0.5) is 0 Å². The van der Waals surface area contributed by atoms with Crippen LogP contribution in [0.2, 0.25) is 0 Å². The van der Waals surface area contributed by atoms with E-state index in [0.717, 1.165) is 0 Å². The Balaban J connectivity index is 0. The van der Waals surface area contributed by atoms with Gasteiger partial charge in [0, 0.05) is 11.1 Å². The van der Waals surface area contributed by atoms with Crippen molar-refractivity contribution in [3.8, 4) is 6.07 Å². The number of carbonyl (C=O) groups is 2. The molecule has 0 N–H and O–H groups in total. The van der Waals surface area contributed by atoms with Crippen molar-refractivity contribution in [3.63, 3.8) is 0 Å². The van der Waals surface area contributed by atoms with Crippen molar-refractivity contribution in [3.05, 3.63) is 71.3 Å². The molecular weight excluding hydrogens is 313 g/mol. The van der Waals surface area contributed by atoms with E-state index in [1.165, 1.54) is 0 Å². The molecule has 3 nitrogen and oxygen atoms in total. The van der Waals surface area contributed by atoms with Gasteiger partial charge in [-0.25, -0.2) is 0 Å². The quantitative estimate of drug-likeness (QED) is 0.625. The fourth-order valence-electron chi connectivity index (χ4n) is 1.27. The van der Waals surface area contributed by atoms with Crippen molar-refractivity contribution >= 4 is 35.5 Å². The summed E-state index contributed by atoms with van der Waals surface area (Å²) in [6.07, 6.45) is 0. The molecule has 0 heterocycles. The van der Waals surface area contributed by atoms with Gasteiger partial charge in [0.1, 0.15) is 0 Å². The van der Waals surface area contributed by atoms with Gasteiger partial charge in [-0.2, -0.15) is 5.26 Å². The van der Waals surface area contributed by atoms with Crippen LogP contribution in [0.25, 0.3) is 0 Å². The third-order valence-electron chi connectivity index (χ3n) is 2.28. The van der Waals surface area contributed by atoms with E-state index in [1.807, 2.05) is 24.3 Å². The molecule has 0 unspecified atom stereocenters. The van der Waals surface area contributed by atoms with E-state index < -0.39 is 0 Å². The summed E-state index contributed by atoms with van der Waals surface area (Å²) in [5.74, 6) is 0. The molecule has 2 aromatic carbocycles. The van der Waals surface area contributed by atoms with Crippen LogP contribution >= 0.6 is 25.3 Å². The summed E-state index contributed by atoms with van der Waals surface area (Å²) >= 11 is 7.28. The third kappa shape index (κ3) is 7.51. The first-order valence-electron chi connectivity index (χ1n) is 5.56. The predicted octanol–water partition coefficient (Wildman–Crippen LogP) is 0.501. The molecule has 0 aliphatic heterocycles. The summed E-state index contributed by atoms with van der Waals surface area (Å²) in [6, 6.07) is 17.2. The number of hydrogen-bond acceptors (Lipinski definition) is 3. The molecular formula is C15H12NNaO2S2. The van der Waals surface area contributed by atoms with Gasteiger partial charge in [-0.1, -0.05) is 30.3 Å². The van der Waals surface area contributed by atoms with Crippen molar-refractivity contribution in [1.29, 1.82) is 5.26 Å². The van der Waals surface area contributed by atoms with Gasteiger partial charge < -0.3 is 1.43 Å². The first-order chi connectivity index (χ1) is 9.54. The van der Waals surface area contributed by atoms with Gasteiger partial charge >= 0.3 is 29.6 Å². The summed E-state index contributed by atoms with van der Waals surface area (Å²) in [4.78, 5) is 21.1. The molecule has 0 aliphatic carbocycles. The molecule has 21 heavy (non-hydrogen) atoms. The van der Waals surface area contributed by atoms with E-state index in [4.69, 9.17) is 5.26 Å². The molecule has 0 bridgehead atoms. The Morgan fingerprint density at radius 3 is 1.62 bits per heavy atom. The SMILES string of the molecule is N#Cc1ccc(C(=O)S)cc1.O=C(S)c1ccccc1.[H-].[Na+]. The maximum Gasteiger partial charge on any atom is 1.00 e. The van der Waals surface area contributed by atoms with Gasteiger partial charge in [-0.05, 0) is 24.3 Å². The molecule has 6 heteroatoms. The fourth-order valence-corrected chi connectivity index (χ4v) is 1.57. The Morgan fingerprint density at radius 1 is 0.857 bits per heavy atom. The second-order valence-corrected chi connectivity index (χ2v) is 4.48. The number of nitrogens with zero attached hydrogens (tertiary/aromatic N) is 1. The zero-order valence-corrected chi connectivity index (χ0v) is 15.1. The molecule has 0 saturated heterocycles. The van der Waals surface area contributed by atoms with E-state index in [9.17, 15) is 9.59 Å². The first-order valence-corrected chi connectivity index (χ1v) is 6.46. The van der Waals surface area contributed by atoms with Crippen LogP contribution < -0.4 is 29.6 Å². The number of hydrogen-bond donors (Lipinski definition) is 2. The molecule has 0 fully saturated rings. The van der Waals surface area contributed by atoms with E-state index in [2.05, 4.69) is 25.3 Å². The van der Waals surface area contributed by atoms with Crippen LogP contribution in [0.1, 0.15) is 27.7 Å². The van der Waals surface area contributed by atoms with E-state index in [0.29, 0.717) is 16.7 Å². The maximum absolute atomic E-state index is 10.6. The van der Waals surface area contributed by atoms with Crippen LogP contribution in [0, 0.1) is 11.3 Å². The van der Waals surface area contributed by atoms with E-state index >= 15 is 0 Å². The smallest absolute Gasteiger partial charge is 1.00 e. The van der Waals surface area contributed by atoms with Crippen molar-refractivity contribution in [2.24, 2.45) is 0 Å². The van der Waals surface area contributed by atoms with Crippen molar-refractivity contribution in [2.45, 2.75) is 0 Å². The monoisotopic (exact) mass is 325 g/mol. The Bertz CT molecular complexity index is 643. The Morgan fingerprint density at radius 2 is 1.29 bits per heavy atom. The molecule has 0 amide bonds. The minimum atomic E-state index is -0.283. The third-order valence-corrected chi connectivity index (χ3v) is 2.80. The van der Waals surface area contributed by atoms with Crippen LogP contribution in [-0.2, 0) is 0 Å². The van der Waals surface area contributed by atoms with Gasteiger partial charge in [0.15, 0.2) is 0 Å². The number of thiol groups is 2. The van der Waals surface area contributed by atoms with Gasteiger partial charge in [-0.3, -0.25) is 9.59 Å². The minimum Gasteiger partial charge on any atom is -1.00 e. The molecule has 0 radical (unpaired) electrons. The zero-order chi connectivity index (χ0) is 15.0. The van der Waals surface area contributed by atoms with Crippen molar-refractivity contribution in [2.75, 3.05) is 0 Å². The van der Waals surface area contributed by atoms with E-state index in [-0.39, 0.29) is 41.2 Å². The van der Waals surface area contributed by atoms with Gasteiger partial charge in [0.05, 0.1) is 11.6 Å². The average Bonchev–Trinajstić information content (AvgIpc) is 2.49. The number of carbonyl (C=O) groups excluding carboxylic acids is 2. The molecule has 2 rings (SSSR count). The van der Waals surface area contributed by atoms with Crippen LogP contribution in [0.3, 0.4) is 0 Å². The predicted molar refractivity (Wildman–Crippen MR) is 85.3 cm³/mol. The summed E-state index contributed by atoms with van der Waals surface area (Å²) in [5, 5.41) is 7.95. The fraction of sp³-hybridized carbons (Fsp3) is 0. The van der Waals surface area contributed by atoms with Crippen molar-refractivity contribution < 1.29 is 40.6 Å². The Labute approximate surface area is 158 Å². The largest absolute Gasteiger partial charge is 1.00 e. The first kappa shape index (κ1) is 20.0. The van der Waals surface area contributed by atoms with Crippen LogP contribution in [0.15, 0.2) is 54.6 Å². The number of nitriles is 1. The normalized spacial score (nSPS) is 8.43. The summed E-state index contributed by atoms with van der Waals surface area (Å²) in [5.41, 5.74) is 1.69. The summed E-state index contributed by atoms with van der Waals surface area (Å²) in [6.45, 7) is 0. The minimum absolute atomic E-state index is 0. The topological polar surface area (TPSA) is 57.9 Å². The molecule has 2 aromatic rings. The molecule has 0 spiro atoms. The second kappa shape index (κ2) is 10.7. The molecule has 0 saturated carbocycles. The zero-order valence-electron chi connectivity index (χ0n) is 12.4. The molecule has 102 valence electrons. The number of benzene rings is 2. The maximum atomic E-state index is 10.6. The Kier molecular flexibility index (Phi) is 10.1. The summed E-state index contributed by atoms with van der Waals surface area (Å²) < 4.78 is 0. The van der Waals surface area contributed by atoms with E-state index in [1.54, 1.807) is 36.4 Å². The molecule has 0 atom stereocenters. The van der Waals surface area contributed by atoms with Crippen molar-refractivity contribution in [1.82, 2.24) is 0 Å². The molecule has 0 aliphatic rings. The Hall–Kier alpha value is -1.03. The summed E-state index contributed by atoms with van der Waals surface area (Å²) in [7, 11) is 0. The van der Waals surface area contributed by atoms with Crippen LogP contribution in [0.5, 0.6) is 0 Å². The second-order valence-electron chi connectivity index (χ2n) is 3.67. The standard InChI is InChI=1S/C8H5NOS.C7H6OS.Na.H/c9-5-6-1-3-7(4-2-6)8(10)11;8-7(9)6-4-2-1-3-5-6;;/h1-4H,(H,10,11);1-5H,(H,8,9);;/q;;+1;-1. The van der Waals surface area contributed by atoms with Gasteiger partial charge in [0.25, 0.3) is 0 Å². The average molecular weight is 325 g/mol. The van der Waals surface area contributed by atoms with Gasteiger partial charge in [0.2, 0.25) is 10.2 Å².